The lowest BCUT2D eigenvalue weighted by Crippen LogP contribution is -2.54. The monoisotopic (exact) mass is 387 g/mol. The third kappa shape index (κ3) is 3.35. The molecule has 2 N–H and O–H groups in total. The zero-order valence-electron chi connectivity index (χ0n) is 13.4. The molecule has 27 heavy (non-hydrogen) atoms. The van der Waals surface area contributed by atoms with Crippen molar-refractivity contribution in [2.75, 3.05) is 4.90 Å². The first-order valence-corrected chi connectivity index (χ1v) is 7.81. The molecule has 0 atom stereocenters. The van der Waals surface area contributed by atoms with Crippen molar-refractivity contribution in [2.24, 2.45) is 0 Å². The zero-order valence-corrected chi connectivity index (χ0v) is 14.1. The van der Waals surface area contributed by atoms with Gasteiger partial charge in [0.1, 0.15) is 5.57 Å². The van der Waals surface area contributed by atoms with Gasteiger partial charge in [0.2, 0.25) is 5.75 Å². The number of aromatic hydroxyl groups is 1. The summed E-state index contributed by atoms with van der Waals surface area (Å²) in [6, 6.07) is 8.46. The number of anilines is 1. The predicted octanol–water partition coefficient (Wildman–Crippen LogP) is 2.62. The van der Waals surface area contributed by atoms with Crippen LogP contribution in [0.3, 0.4) is 0 Å². The van der Waals surface area contributed by atoms with E-state index in [0.717, 1.165) is 17.0 Å². The number of nitro benzene ring substituents is 1. The maximum atomic E-state index is 12.7. The van der Waals surface area contributed by atoms with Crippen LogP contribution in [0.2, 0.25) is 5.02 Å². The highest BCUT2D eigenvalue weighted by Crippen LogP contribution is 2.32. The number of hydrogen-bond donors (Lipinski definition) is 2. The van der Waals surface area contributed by atoms with Crippen LogP contribution in [-0.4, -0.2) is 27.9 Å². The summed E-state index contributed by atoms with van der Waals surface area (Å²) in [5, 5.41) is 23.3. The number of benzene rings is 2. The quantitative estimate of drug-likeness (QED) is 0.360. The van der Waals surface area contributed by atoms with Crippen LogP contribution in [0.4, 0.5) is 16.2 Å². The van der Waals surface area contributed by atoms with Gasteiger partial charge in [0.05, 0.1) is 10.6 Å². The Bertz CT molecular complexity index is 1020. The molecule has 1 aliphatic heterocycles. The lowest BCUT2D eigenvalue weighted by molar-refractivity contribution is -0.385. The van der Waals surface area contributed by atoms with Gasteiger partial charge in [0.25, 0.3) is 11.8 Å². The highest BCUT2D eigenvalue weighted by molar-refractivity contribution is 6.39. The first-order chi connectivity index (χ1) is 12.8. The second kappa shape index (κ2) is 6.89. The minimum absolute atomic E-state index is 0.117. The lowest BCUT2D eigenvalue weighted by Gasteiger charge is -2.26. The van der Waals surface area contributed by atoms with Gasteiger partial charge in [-0.3, -0.25) is 25.0 Å². The Morgan fingerprint density at radius 1 is 1.11 bits per heavy atom. The average molecular weight is 388 g/mol. The molecule has 0 aliphatic carbocycles. The van der Waals surface area contributed by atoms with E-state index in [4.69, 9.17) is 11.6 Å². The highest BCUT2D eigenvalue weighted by Gasteiger charge is 2.37. The normalized spacial score (nSPS) is 15.8. The van der Waals surface area contributed by atoms with Crippen molar-refractivity contribution in [1.82, 2.24) is 5.32 Å². The Kier molecular flexibility index (Phi) is 4.61. The van der Waals surface area contributed by atoms with E-state index in [0.29, 0.717) is 5.02 Å². The Hall–Kier alpha value is -3.72. The van der Waals surface area contributed by atoms with E-state index in [-0.39, 0.29) is 11.3 Å². The number of phenols is 1. The number of para-hydroxylation sites is 1. The molecule has 3 rings (SSSR count). The maximum Gasteiger partial charge on any atom is 0.335 e. The van der Waals surface area contributed by atoms with Crippen LogP contribution < -0.4 is 10.2 Å². The van der Waals surface area contributed by atoms with Crippen LogP contribution in [0, 0.1) is 10.1 Å². The molecule has 10 heteroatoms. The first-order valence-electron chi connectivity index (χ1n) is 7.43. The van der Waals surface area contributed by atoms with E-state index < -0.39 is 39.8 Å². The Morgan fingerprint density at radius 2 is 1.78 bits per heavy atom. The number of nitro groups is 1. The van der Waals surface area contributed by atoms with E-state index in [1.54, 1.807) is 0 Å². The summed E-state index contributed by atoms with van der Waals surface area (Å²) in [5.74, 6) is -2.64. The van der Waals surface area contributed by atoms with Crippen molar-refractivity contribution in [1.29, 1.82) is 0 Å². The Balaban J connectivity index is 2.06. The van der Waals surface area contributed by atoms with Gasteiger partial charge in [0, 0.05) is 16.7 Å². The molecule has 0 saturated carbocycles. The van der Waals surface area contributed by atoms with Gasteiger partial charge in [-0.1, -0.05) is 23.7 Å². The molecule has 1 aliphatic rings. The summed E-state index contributed by atoms with van der Waals surface area (Å²) in [7, 11) is 0. The second-order valence-electron chi connectivity index (χ2n) is 5.41. The molecule has 4 amide bonds. The smallest absolute Gasteiger partial charge is 0.335 e. The number of carbonyl (C=O) groups excluding carboxylic acids is 3. The molecule has 0 unspecified atom stereocenters. The first kappa shape index (κ1) is 18.1. The van der Waals surface area contributed by atoms with Gasteiger partial charge < -0.3 is 5.11 Å². The molecule has 0 spiro atoms. The fourth-order valence-corrected chi connectivity index (χ4v) is 2.58. The number of rotatable bonds is 3. The number of imide groups is 2. The zero-order chi connectivity index (χ0) is 19.7. The van der Waals surface area contributed by atoms with Crippen molar-refractivity contribution in [3.05, 3.63) is 68.7 Å². The van der Waals surface area contributed by atoms with E-state index in [1.165, 1.54) is 36.4 Å². The number of carbonyl (C=O) groups is 3. The third-order valence-electron chi connectivity index (χ3n) is 3.73. The minimum atomic E-state index is -0.985. The van der Waals surface area contributed by atoms with Crippen LogP contribution in [0.5, 0.6) is 5.75 Å². The molecule has 2 aromatic carbocycles. The van der Waals surface area contributed by atoms with Crippen molar-refractivity contribution >= 4 is 46.9 Å². The largest absolute Gasteiger partial charge is 0.502 e. The fraction of sp³-hybridized carbons (Fsp3) is 0. The van der Waals surface area contributed by atoms with Gasteiger partial charge >= 0.3 is 11.7 Å². The van der Waals surface area contributed by atoms with Gasteiger partial charge in [-0.25, -0.2) is 9.69 Å². The van der Waals surface area contributed by atoms with E-state index >= 15 is 0 Å². The van der Waals surface area contributed by atoms with Gasteiger partial charge in [-0.2, -0.15) is 0 Å². The molecule has 0 aromatic heterocycles. The number of nitrogens with zero attached hydrogens (tertiary/aromatic N) is 2. The topological polar surface area (TPSA) is 130 Å². The van der Waals surface area contributed by atoms with Crippen molar-refractivity contribution < 1.29 is 24.4 Å². The predicted molar refractivity (Wildman–Crippen MR) is 95.2 cm³/mol. The molecule has 2 aromatic rings. The maximum absolute atomic E-state index is 12.7. The summed E-state index contributed by atoms with van der Waals surface area (Å²) >= 11 is 5.79. The number of halogens is 1. The van der Waals surface area contributed by atoms with Crippen LogP contribution in [0.15, 0.2) is 48.0 Å². The standard InChI is InChI=1S/C17H10ClN3O6/c18-10-4-6-11(7-5-10)20-16(24)12(15(23)19-17(20)25)8-9-2-1-3-13(14(9)22)21(26)27/h1-8,22H,(H,19,23,25)/b12-8+. The number of hydrogen-bond acceptors (Lipinski definition) is 6. The number of urea groups is 1. The van der Waals surface area contributed by atoms with Crippen LogP contribution in [-0.2, 0) is 9.59 Å². The summed E-state index contributed by atoms with van der Waals surface area (Å²) < 4.78 is 0. The molecule has 1 saturated heterocycles. The Labute approximate surface area is 156 Å². The van der Waals surface area contributed by atoms with Crippen LogP contribution in [0.1, 0.15) is 5.56 Å². The Morgan fingerprint density at radius 3 is 2.41 bits per heavy atom. The number of barbiturate groups is 1. The van der Waals surface area contributed by atoms with Gasteiger partial charge in [-0.15, -0.1) is 0 Å². The summed E-state index contributed by atoms with van der Waals surface area (Å²) in [5.41, 5.74) is -1.00. The van der Waals surface area contributed by atoms with E-state index in [9.17, 15) is 29.6 Å². The summed E-state index contributed by atoms with van der Waals surface area (Å²) in [6.45, 7) is 0. The molecule has 1 heterocycles. The van der Waals surface area contributed by atoms with E-state index in [1.807, 2.05) is 5.32 Å². The molecule has 136 valence electrons. The molecule has 0 bridgehead atoms. The minimum Gasteiger partial charge on any atom is -0.502 e. The van der Waals surface area contributed by atoms with Crippen LogP contribution >= 0.6 is 11.6 Å². The van der Waals surface area contributed by atoms with Crippen molar-refractivity contribution in [2.45, 2.75) is 0 Å². The fourth-order valence-electron chi connectivity index (χ4n) is 2.45. The SMILES string of the molecule is O=C1NC(=O)N(c2ccc(Cl)cc2)C(=O)/C1=C/c1cccc([N+](=O)[O-])c1O. The average Bonchev–Trinajstić information content (AvgIpc) is 2.61. The summed E-state index contributed by atoms with van der Waals surface area (Å²) in [6.07, 6.45) is 0.982. The molecule has 9 nitrogen and oxygen atoms in total. The lowest BCUT2D eigenvalue weighted by atomic mass is 10.1. The van der Waals surface area contributed by atoms with Crippen LogP contribution in [0.25, 0.3) is 6.08 Å². The number of amides is 4. The van der Waals surface area contributed by atoms with E-state index in [2.05, 4.69) is 0 Å². The number of nitrogens with one attached hydrogen (secondary N) is 1. The molecule has 1 fully saturated rings. The number of phenolic OH excluding ortho intramolecular Hbond substituents is 1. The second-order valence-corrected chi connectivity index (χ2v) is 5.84. The molecular formula is C17H10ClN3O6. The molecule has 0 radical (unpaired) electrons. The van der Waals surface area contributed by atoms with Crippen molar-refractivity contribution in [3.63, 3.8) is 0 Å². The third-order valence-corrected chi connectivity index (χ3v) is 3.98. The highest BCUT2D eigenvalue weighted by atomic mass is 35.5. The van der Waals surface area contributed by atoms with Crippen molar-refractivity contribution in [3.8, 4) is 5.75 Å². The van der Waals surface area contributed by atoms with Gasteiger partial charge in [-0.05, 0) is 30.3 Å². The molecular weight excluding hydrogens is 378 g/mol. The van der Waals surface area contributed by atoms with Gasteiger partial charge in [0.15, 0.2) is 0 Å². The summed E-state index contributed by atoms with van der Waals surface area (Å²) in [4.78, 5) is 47.7.